The third-order valence-electron chi connectivity index (χ3n) is 7.22. The normalized spacial score (nSPS) is 16.4. The molecule has 1 aliphatic carbocycles. The molecule has 34 heavy (non-hydrogen) atoms. The number of benzene rings is 1. The average molecular weight is 456 g/mol. The number of carbonyl (C=O) groups excluding carboxylic acids is 2. The molecule has 2 aliphatic rings. The molecular formula is C27H29N5O2. The van der Waals surface area contributed by atoms with Gasteiger partial charge in [-0.2, -0.15) is 5.26 Å². The number of likely N-dealkylation sites (tertiary alicyclic amines) is 1. The van der Waals surface area contributed by atoms with Gasteiger partial charge < -0.3 is 14.8 Å². The Morgan fingerprint density at radius 1 is 1.21 bits per heavy atom. The van der Waals surface area contributed by atoms with Gasteiger partial charge in [-0.1, -0.05) is 6.07 Å². The Morgan fingerprint density at radius 3 is 2.68 bits per heavy atom. The fourth-order valence-electron chi connectivity index (χ4n) is 5.03. The zero-order chi connectivity index (χ0) is 23.8. The number of fused-ring (bicyclic) bond motifs is 1. The van der Waals surface area contributed by atoms with Gasteiger partial charge in [0.05, 0.1) is 23.5 Å². The minimum Gasteiger partial charge on any atom is -0.343 e. The highest BCUT2D eigenvalue weighted by Gasteiger charge is 2.30. The highest BCUT2D eigenvalue weighted by molar-refractivity contribution is 6.06. The minimum atomic E-state index is -0.263. The monoisotopic (exact) mass is 455 g/mol. The number of hydrogen-bond donors (Lipinski definition) is 1. The lowest BCUT2D eigenvalue weighted by Gasteiger charge is -2.32. The molecule has 0 spiro atoms. The molecule has 0 unspecified atom stereocenters. The summed E-state index contributed by atoms with van der Waals surface area (Å²) in [7, 11) is 2.00. The van der Waals surface area contributed by atoms with Crippen LogP contribution in [-0.2, 0) is 11.8 Å². The molecular weight excluding hydrogens is 426 g/mol. The van der Waals surface area contributed by atoms with Crippen molar-refractivity contribution in [2.75, 3.05) is 18.4 Å². The van der Waals surface area contributed by atoms with Crippen LogP contribution < -0.4 is 5.32 Å². The van der Waals surface area contributed by atoms with Gasteiger partial charge in [0.25, 0.3) is 5.91 Å². The van der Waals surface area contributed by atoms with Crippen molar-refractivity contribution in [3.8, 4) is 6.07 Å². The molecule has 1 saturated carbocycles. The molecule has 1 N–H and O–H groups in total. The maximum atomic E-state index is 12.9. The lowest BCUT2D eigenvalue weighted by molar-refractivity contribution is -0.132. The van der Waals surface area contributed by atoms with E-state index in [9.17, 15) is 9.59 Å². The Kier molecular flexibility index (Phi) is 5.82. The van der Waals surface area contributed by atoms with E-state index < -0.39 is 0 Å². The number of aromatic nitrogens is 2. The van der Waals surface area contributed by atoms with E-state index in [-0.39, 0.29) is 5.91 Å². The Hall–Kier alpha value is -3.66. The van der Waals surface area contributed by atoms with Gasteiger partial charge in [0, 0.05) is 43.7 Å². The van der Waals surface area contributed by atoms with Crippen LogP contribution in [0.15, 0.2) is 36.7 Å². The van der Waals surface area contributed by atoms with E-state index in [2.05, 4.69) is 22.6 Å². The van der Waals surface area contributed by atoms with Crippen LogP contribution in [0.5, 0.6) is 0 Å². The number of piperidine rings is 1. The van der Waals surface area contributed by atoms with Crippen LogP contribution in [0.3, 0.4) is 0 Å². The van der Waals surface area contributed by atoms with Gasteiger partial charge in [-0.15, -0.1) is 0 Å². The maximum Gasteiger partial charge on any atom is 0.255 e. The lowest BCUT2D eigenvalue weighted by atomic mass is 9.88. The van der Waals surface area contributed by atoms with Gasteiger partial charge in [-0.3, -0.25) is 9.59 Å². The van der Waals surface area contributed by atoms with Crippen molar-refractivity contribution in [1.29, 1.82) is 5.26 Å². The highest BCUT2D eigenvalue weighted by Crippen LogP contribution is 2.38. The van der Waals surface area contributed by atoms with Crippen molar-refractivity contribution in [2.45, 2.75) is 44.9 Å². The second-order valence-electron chi connectivity index (χ2n) is 9.64. The lowest BCUT2D eigenvalue weighted by Crippen LogP contribution is -2.38. The first-order valence-electron chi connectivity index (χ1n) is 12.0. The number of amides is 2. The molecule has 2 amide bonds. The fraction of sp³-hybridized carbons (Fsp3) is 0.407. The molecule has 2 fully saturated rings. The van der Waals surface area contributed by atoms with E-state index >= 15 is 0 Å². The number of aryl methyl sites for hydroxylation is 2. The van der Waals surface area contributed by atoms with E-state index in [4.69, 9.17) is 5.26 Å². The van der Waals surface area contributed by atoms with Crippen LogP contribution in [-0.4, -0.2) is 39.4 Å². The predicted octanol–water partition coefficient (Wildman–Crippen LogP) is 4.51. The zero-order valence-corrected chi connectivity index (χ0v) is 19.7. The SMILES string of the molecule is Cc1c(NC(=O)c2cccc(C#N)c2)cnc2c1c(C1CCN(C(=O)CC3CC3)CC1)cn2C. The molecule has 3 heterocycles. The molecule has 174 valence electrons. The Labute approximate surface area is 199 Å². The Bertz CT molecular complexity index is 1310. The van der Waals surface area contributed by atoms with E-state index in [0.717, 1.165) is 42.5 Å². The van der Waals surface area contributed by atoms with Crippen molar-refractivity contribution < 1.29 is 9.59 Å². The zero-order valence-electron chi connectivity index (χ0n) is 19.7. The van der Waals surface area contributed by atoms with E-state index in [1.165, 1.54) is 18.4 Å². The number of nitriles is 1. The van der Waals surface area contributed by atoms with Crippen LogP contribution >= 0.6 is 0 Å². The first-order chi connectivity index (χ1) is 16.4. The number of rotatable bonds is 5. The summed E-state index contributed by atoms with van der Waals surface area (Å²) in [5, 5.41) is 13.2. The summed E-state index contributed by atoms with van der Waals surface area (Å²) in [6.07, 6.45) is 8.84. The van der Waals surface area contributed by atoms with Gasteiger partial charge in [-0.25, -0.2) is 4.98 Å². The van der Waals surface area contributed by atoms with Gasteiger partial charge in [0.1, 0.15) is 5.65 Å². The number of carbonyl (C=O) groups is 2. The van der Waals surface area contributed by atoms with Crippen molar-refractivity contribution in [1.82, 2.24) is 14.5 Å². The highest BCUT2D eigenvalue weighted by atomic mass is 16.2. The number of nitrogens with zero attached hydrogens (tertiary/aromatic N) is 4. The number of nitrogens with one attached hydrogen (secondary N) is 1. The summed E-state index contributed by atoms with van der Waals surface area (Å²) in [5.41, 5.74) is 4.67. The molecule has 2 aromatic heterocycles. The molecule has 1 saturated heterocycles. The molecule has 7 heteroatoms. The van der Waals surface area contributed by atoms with Crippen LogP contribution in [0.1, 0.15) is 65.1 Å². The van der Waals surface area contributed by atoms with Crippen molar-refractivity contribution in [3.63, 3.8) is 0 Å². The largest absolute Gasteiger partial charge is 0.343 e. The van der Waals surface area contributed by atoms with Gasteiger partial charge in [-0.05, 0) is 73.8 Å². The third kappa shape index (κ3) is 4.28. The minimum absolute atomic E-state index is 0.263. The molecule has 7 nitrogen and oxygen atoms in total. The second kappa shape index (κ2) is 8.94. The van der Waals surface area contributed by atoms with Crippen molar-refractivity contribution in [3.05, 3.63) is 58.9 Å². The third-order valence-corrected chi connectivity index (χ3v) is 7.22. The Balaban J connectivity index is 1.37. The molecule has 0 bridgehead atoms. The summed E-state index contributed by atoms with van der Waals surface area (Å²) in [6.45, 7) is 3.61. The standard InChI is InChI=1S/C27H29N5O2/c1-17-23(30-27(34)21-5-3-4-19(12-21)14-28)15-29-26-25(17)22(16-31(26)2)20-8-10-32(11-9-20)24(33)13-18-6-7-18/h3-5,12,15-16,18,20H,6-11,13H2,1-2H3,(H,30,34). The number of anilines is 1. The second-order valence-corrected chi connectivity index (χ2v) is 9.64. The molecule has 0 radical (unpaired) electrons. The topological polar surface area (TPSA) is 91.0 Å². The number of pyridine rings is 1. The van der Waals surface area contributed by atoms with Gasteiger partial charge >= 0.3 is 0 Å². The quantitative estimate of drug-likeness (QED) is 0.613. The Morgan fingerprint density at radius 2 is 1.97 bits per heavy atom. The van der Waals surface area contributed by atoms with Crippen LogP contribution in [0.2, 0.25) is 0 Å². The summed E-state index contributed by atoms with van der Waals surface area (Å²) in [5.74, 6) is 1.02. The van der Waals surface area contributed by atoms with Crippen molar-refractivity contribution >= 4 is 28.5 Å². The molecule has 1 aromatic carbocycles. The summed E-state index contributed by atoms with van der Waals surface area (Å²) in [4.78, 5) is 32.1. The number of hydrogen-bond acceptors (Lipinski definition) is 4. The summed E-state index contributed by atoms with van der Waals surface area (Å²) < 4.78 is 2.05. The van der Waals surface area contributed by atoms with E-state index in [1.807, 2.05) is 23.4 Å². The first kappa shape index (κ1) is 22.1. The molecule has 5 rings (SSSR count). The molecule has 1 aliphatic heterocycles. The first-order valence-corrected chi connectivity index (χ1v) is 12.0. The van der Waals surface area contributed by atoms with E-state index in [0.29, 0.717) is 41.0 Å². The smallest absolute Gasteiger partial charge is 0.255 e. The van der Waals surface area contributed by atoms with Crippen LogP contribution in [0.4, 0.5) is 5.69 Å². The van der Waals surface area contributed by atoms with Crippen LogP contribution in [0, 0.1) is 24.2 Å². The average Bonchev–Trinajstić information content (AvgIpc) is 3.61. The van der Waals surface area contributed by atoms with Gasteiger partial charge in [0.15, 0.2) is 0 Å². The van der Waals surface area contributed by atoms with Crippen LogP contribution in [0.25, 0.3) is 11.0 Å². The fourth-order valence-corrected chi connectivity index (χ4v) is 5.03. The van der Waals surface area contributed by atoms with E-state index in [1.54, 1.807) is 30.5 Å². The maximum absolute atomic E-state index is 12.9. The molecule has 0 atom stereocenters. The summed E-state index contributed by atoms with van der Waals surface area (Å²) in [6, 6.07) is 8.74. The van der Waals surface area contributed by atoms with Crippen molar-refractivity contribution in [2.24, 2.45) is 13.0 Å². The predicted molar refractivity (Wildman–Crippen MR) is 130 cm³/mol. The summed E-state index contributed by atoms with van der Waals surface area (Å²) >= 11 is 0. The molecule has 3 aromatic rings. The van der Waals surface area contributed by atoms with Gasteiger partial charge in [0.2, 0.25) is 5.91 Å².